The molecular weight excluding hydrogens is 246 g/mol. The molecule has 12 heavy (non-hydrogen) atoms. The molecule has 0 aromatic heterocycles. The Labute approximate surface area is 83.3 Å². The number of halogens is 3. The van der Waals surface area contributed by atoms with Crippen LogP contribution in [0, 0.1) is 5.82 Å². The Hall–Kier alpha value is -0.120. The van der Waals surface area contributed by atoms with Gasteiger partial charge in [0.05, 0.1) is 11.1 Å². The average Bonchev–Trinajstić information content (AvgIpc) is 1.96. The second-order valence-corrected chi connectivity index (χ2v) is 3.73. The quantitative estimate of drug-likeness (QED) is 0.762. The predicted molar refractivity (Wildman–Crippen MR) is 49.7 cm³/mol. The fraction of sp³-hybridized carbons (Fsp3) is 0.250. The summed E-state index contributed by atoms with van der Waals surface area (Å²) in [5, 5.41) is 9.23. The predicted octanol–water partition coefficient (Wildman–Crippen LogP) is 3.29. The van der Waals surface area contributed by atoms with Gasteiger partial charge >= 0.3 is 0 Å². The number of rotatable bonds is 1. The zero-order valence-electron chi connectivity index (χ0n) is 6.31. The van der Waals surface area contributed by atoms with Crippen molar-refractivity contribution in [2.75, 3.05) is 0 Å². The van der Waals surface area contributed by atoms with Gasteiger partial charge in [-0.3, -0.25) is 0 Å². The van der Waals surface area contributed by atoms with Gasteiger partial charge < -0.3 is 5.11 Å². The van der Waals surface area contributed by atoms with Crippen molar-refractivity contribution in [1.82, 2.24) is 0 Å². The van der Waals surface area contributed by atoms with Gasteiger partial charge in [0.1, 0.15) is 5.82 Å². The van der Waals surface area contributed by atoms with Gasteiger partial charge in [-0.05, 0) is 24.6 Å². The Morgan fingerprint density at radius 1 is 1.58 bits per heavy atom. The van der Waals surface area contributed by atoms with Crippen LogP contribution in [0.5, 0.6) is 0 Å². The Bertz CT molecular complexity index is 301. The molecule has 66 valence electrons. The number of hydrogen-bond donors (Lipinski definition) is 1. The Morgan fingerprint density at radius 2 is 2.17 bits per heavy atom. The average molecular weight is 253 g/mol. The maximum absolute atomic E-state index is 12.9. The van der Waals surface area contributed by atoms with Gasteiger partial charge in [0.2, 0.25) is 0 Å². The summed E-state index contributed by atoms with van der Waals surface area (Å²) in [4.78, 5) is 0. The number of aliphatic hydroxyl groups is 1. The molecule has 0 amide bonds. The van der Waals surface area contributed by atoms with E-state index in [1.807, 2.05) is 0 Å². The van der Waals surface area contributed by atoms with E-state index >= 15 is 0 Å². The van der Waals surface area contributed by atoms with Crippen molar-refractivity contribution in [1.29, 1.82) is 0 Å². The minimum absolute atomic E-state index is 0.0475. The molecule has 0 heterocycles. The molecule has 0 radical (unpaired) electrons. The molecule has 0 saturated carbocycles. The largest absolute Gasteiger partial charge is 0.389 e. The van der Waals surface area contributed by atoms with Crippen LogP contribution in [0.15, 0.2) is 16.6 Å². The normalized spacial score (nSPS) is 13.1. The van der Waals surface area contributed by atoms with Crippen LogP contribution >= 0.6 is 27.5 Å². The molecule has 4 heteroatoms. The Kier molecular flexibility index (Phi) is 3.09. The van der Waals surface area contributed by atoms with Crippen LogP contribution in [0.3, 0.4) is 0 Å². The standard InChI is InChI=1S/C8H7BrClFO/c1-4(12)5-2-8(11)7(10)3-6(5)9/h2-4,12H,1H3/t4-/m1/s1. The van der Waals surface area contributed by atoms with Crippen LogP contribution in [0.2, 0.25) is 5.02 Å². The number of benzene rings is 1. The first-order valence-corrected chi connectivity index (χ1v) is 4.52. The minimum atomic E-state index is -0.703. The lowest BCUT2D eigenvalue weighted by molar-refractivity contribution is 0.198. The first-order chi connectivity index (χ1) is 5.52. The van der Waals surface area contributed by atoms with Gasteiger partial charge in [-0.1, -0.05) is 27.5 Å². The van der Waals surface area contributed by atoms with E-state index < -0.39 is 11.9 Å². The summed E-state index contributed by atoms with van der Waals surface area (Å²) in [5.41, 5.74) is 0.497. The van der Waals surface area contributed by atoms with Crippen LogP contribution in [-0.2, 0) is 0 Å². The number of hydrogen-bond acceptors (Lipinski definition) is 1. The third-order valence-corrected chi connectivity index (χ3v) is 2.47. The second-order valence-electron chi connectivity index (χ2n) is 2.46. The minimum Gasteiger partial charge on any atom is -0.389 e. The van der Waals surface area contributed by atoms with Crippen LogP contribution in [0.25, 0.3) is 0 Å². The van der Waals surface area contributed by atoms with Crippen LogP contribution in [-0.4, -0.2) is 5.11 Å². The van der Waals surface area contributed by atoms with Gasteiger partial charge in [0.25, 0.3) is 0 Å². The third-order valence-electron chi connectivity index (χ3n) is 1.49. The fourth-order valence-corrected chi connectivity index (χ4v) is 1.83. The highest BCUT2D eigenvalue weighted by molar-refractivity contribution is 9.10. The molecule has 0 aliphatic heterocycles. The van der Waals surface area contributed by atoms with Crippen molar-refractivity contribution in [2.45, 2.75) is 13.0 Å². The van der Waals surface area contributed by atoms with E-state index in [1.54, 1.807) is 6.92 Å². The summed E-state index contributed by atoms with van der Waals surface area (Å²) >= 11 is 8.67. The fourth-order valence-electron chi connectivity index (χ4n) is 0.858. The van der Waals surface area contributed by atoms with E-state index in [9.17, 15) is 9.50 Å². The van der Waals surface area contributed by atoms with Gasteiger partial charge in [0, 0.05) is 4.47 Å². The zero-order valence-corrected chi connectivity index (χ0v) is 8.66. The maximum Gasteiger partial charge on any atom is 0.142 e. The summed E-state index contributed by atoms with van der Waals surface area (Å²) in [6.45, 7) is 1.56. The van der Waals surface area contributed by atoms with Crippen LogP contribution in [0.4, 0.5) is 4.39 Å². The molecule has 1 N–H and O–H groups in total. The van der Waals surface area contributed by atoms with Gasteiger partial charge in [-0.15, -0.1) is 0 Å². The first-order valence-electron chi connectivity index (χ1n) is 3.35. The van der Waals surface area contributed by atoms with E-state index in [-0.39, 0.29) is 5.02 Å². The molecule has 0 aliphatic rings. The lowest BCUT2D eigenvalue weighted by atomic mass is 10.1. The van der Waals surface area contributed by atoms with E-state index in [0.29, 0.717) is 10.0 Å². The molecule has 1 atom stereocenters. The molecule has 0 fully saturated rings. The van der Waals surface area contributed by atoms with Gasteiger partial charge in [-0.2, -0.15) is 0 Å². The summed E-state index contributed by atoms with van der Waals surface area (Å²) in [6, 6.07) is 2.65. The first kappa shape index (κ1) is 9.96. The Morgan fingerprint density at radius 3 is 2.67 bits per heavy atom. The SMILES string of the molecule is C[C@@H](O)c1cc(F)c(Cl)cc1Br. The molecule has 0 unspecified atom stereocenters. The third kappa shape index (κ3) is 1.97. The van der Waals surface area contributed by atoms with E-state index in [4.69, 9.17) is 11.6 Å². The van der Waals surface area contributed by atoms with Crippen molar-refractivity contribution in [3.05, 3.63) is 33.0 Å². The molecule has 1 aromatic carbocycles. The zero-order chi connectivity index (χ0) is 9.30. The summed E-state index contributed by atoms with van der Waals surface area (Å²) in [5.74, 6) is -0.518. The molecule has 1 rings (SSSR count). The lowest BCUT2D eigenvalue weighted by Gasteiger charge is -2.07. The van der Waals surface area contributed by atoms with Gasteiger partial charge in [-0.25, -0.2) is 4.39 Å². The topological polar surface area (TPSA) is 20.2 Å². The second kappa shape index (κ2) is 3.73. The summed E-state index contributed by atoms with van der Waals surface area (Å²) in [7, 11) is 0. The maximum atomic E-state index is 12.9. The molecule has 1 nitrogen and oxygen atoms in total. The van der Waals surface area contributed by atoms with E-state index in [2.05, 4.69) is 15.9 Å². The highest BCUT2D eigenvalue weighted by Gasteiger charge is 2.10. The molecule has 0 aliphatic carbocycles. The lowest BCUT2D eigenvalue weighted by Crippen LogP contribution is -1.94. The summed E-state index contributed by atoms with van der Waals surface area (Å²) in [6.07, 6.45) is -0.703. The van der Waals surface area contributed by atoms with Crippen LogP contribution in [0.1, 0.15) is 18.6 Å². The highest BCUT2D eigenvalue weighted by Crippen LogP contribution is 2.28. The van der Waals surface area contributed by atoms with Crippen molar-refractivity contribution in [3.63, 3.8) is 0 Å². The summed E-state index contributed by atoms with van der Waals surface area (Å²) < 4.78 is 13.5. The monoisotopic (exact) mass is 252 g/mol. The molecular formula is C8H7BrClFO. The van der Waals surface area contributed by atoms with Crippen molar-refractivity contribution in [3.8, 4) is 0 Å². The number of aliphatic hydroxyl groups excluding tert-OH is 1. The van der Waals surface area contributed by atoms with Crippen molar-refractivity contribution >= 4 is 27.5 Å². The van der Waals surface area contributed by atoms with E-state index in [0.717, 1.165) is 0 Å². The van der Waals surface area contributed by atoms with Crippen molar-refractivity contribution < 1.29 is 9.50 Å². The molecule has 1 aromatic rings. The highest BCUT2D eigenvalue weighted by atomic mass is 79.9. The Balaban J connectivity index is 3.23. The molecule has 0 bridgehead atoms. The molecule has 0 saturated heterocycles. The van der Waals surface area contributed by atoms with Crippen molar-refractivity contribution in [2.24, 2.45) is 0 Å². The smallest absolute Gasteiger partial charge is 0.142 e. The van der Waals surface area contributed by atoms with Gasteiger partial charge in [0.15, 0.2) is 0 Å². The van der Waals surface area contributed by atoms with Crippen LogP contribution < -0.4 is 0 Å². The van der Waals surface area contributed by atoms with E-state index in [1.165, 1.54) is 12.1 Å². The molecule has 0 spiro atoms.